The van der Waals surface area contributed by atoms with Crippen LogP contribution in [0, 0.1) is 6.92 Å². The van der Waals surface area contributed by atoms with Crippen LogP contribution in [-0.2, 0) is 0 Å². The van der Waals surface area contributed by atoms with E-state index in [1.165, 1.54) is 0 Å². The highest BCUT2D eigenvalue weighted by Gasteiger charge is 2.32. The van der Waals surface area contributed by atoms with E-state index in [4.69, 9.17) is 0 Å². The quantitative estimate of drug-likeness (QED) is 0.684. The molecule has 3 aromatic heterocycles. The number of fused-ring (bicyclic) bond motifs is 1. The summed E-state index contributed by atoms with van der Waals surface area (Å²) in [7, 11) is 1.82. The summed E-state index contributed by atoms with van der Waals surface area (Å²) in [5, 5.41) is 17.2. The normalized spacial score (nSPS) is 18.2. The number of carbonyl (C=O) groups is 1. The van der Waals surface area contributed by atoms with Gasteiger partial charge in [-0.3, -0.25) is 9.58 Å². The molecule has 2 fully saturated rings. The molecule has 5 heterocycles. The lowest BCUT2D eigenvalue weighted by atomic mass is 10.1. The van der Waals surface area contributed by atoms with Gasteiger partial charge in [-0.25, -0.2) is 4.79 Å². The SMILES string of the molecule is Cc1nnc2ccc(N3CC(n4cc(N5CCN(C)C5=O)cn4)C3)nn12. The molecule has 2 aliphatic rings. The number of anilines is 2. The van der Waals surface area contributed by atoms with Gasteiger partial charge >= 0.3 is 6.03 Å². The zero-order valence-electron chi connectivity index (χ0n) is 14.6. The molecule has 10 heteroatoms. The Kier molecular flexibility index (Phi) is 3.15. The second-order valence-corrected chi connectivity index (χ2v) is 6.80. The Morgan fingerprint density at radius 3 is 2.77 bits per heavy atom. The van der Waals surface area contributed by atoms with Crippen molar-refractivity contribution in [3.8, 4) is 0 Å². The number of nitrogens with zero attached hydrogens (tertiary/aromatic N) is 9. The van der Waals surface area contributed by atoms with E-state index in [0.29, 0.717) is 6.54 Å². The van der Waals surface area contributed by atoms with Crippen molar-refractivity contribution in [1.82, 2.24) is 34.5 Å². The van der Waals surface area contributed by atoms with E-state index < -0.39 is 0 Å². The molecular weight excluding hydrogens is 334 g/mol. The molecule has 5 rings (SSSR count). The molecule has 0 bridgehead atoms. The highest BCUT2D eigenvalue weighted by atomic mass is 16.2. The van der Waals surface area contributed by atoms with Crippen LogP contribution in [0.2, 0.25) is 0 Å². The third kappa shape index (κ3) is 2.21. The summed E-state index contributed by atoms with van der Waals surface area (Å²) < 4.78 is 3.70. The van der Waals surface area contributed by atoms with E-state index in [-0.39, 0.29) is 12.1 Å². The number of aryl methyl sites for hydroxylation is 1. The van der Waals surface area contributed by atoms with Crippen molar-refractivity contribution < 1.29 is 4.79 Å². The lowest BCUT2D eigenvalue weighted by molar-refractivity contribution is 0.229. The predicted octanol–water partition coefficient (Wildman–Crippen LogP) is 0.562. The van der Waals surface area contributed by atoms with Gasteiger partial charge in [0.05, 0.1) is 17.9 Å². The van der Waals surface area contributed by atoms with Gasteiger partial charge < -0.3 is 9.80 Å². The van der Waals surface area contributed by atoms with E-state index in [1.54, 1.807) is 20.5 Å². The van der Waals surface area contributed by atoms with Crippen LogP contribution in [0.1, 0.15) is 11.9 Å². The van der Waals surface area contributed by atoms with Crippen molar-refractivity contribution in [3.63, 3.8) is 0 Å². The maximum atomic E-state index is 12.1. The summed E-state index contributed by atoms with van der Waals surface area (Å²) in [4.78, 5) is 17.8. The molecule has 0 N–H and O–H groups in total. The van der Waals surface area contributed by atoms with E-state index in [2.05, 4.69) is 25.3 Å². The van der Waals surface area contributed by atoms with Crippen molar-refractivity contribution >= 4 is 23.2 Å². The Morgan fingerprint density at radius 2 is 2.00 bits per heavy atom. The molecule has 0 unspecified atom stereocenters. The number of carbonyl (C=O) groups excluding carboxylic acids is 1. The van der Waals surface area contributed by atoms with E-state index in [9.17, 15) is 4.79 Å². The molecule has 10 nitrogen and oxygen atoms in total. The first-order valence-electron chi connectivity index (χ1n) is 8.61. The molecule has 2 saturated heterocycles. The maximum Gasteiger partial charge on any atom is 0.324 e. The Morgan fingerprint density at radius 1 is 1.15 bits per heavy atom. The highest BCUT2D eigenvalue weighted by molar-refractivity contribution is 5.93. The van der Waals surface area contributed by atoms with Crippen molar-refractivity contribution in [2.45, 2.75) is 13.0 Å². The van der Waals surface area contributed by atoms with Gasteiger partial charge in [0.25, 0.3) is 0 Å². The van der Waals surface area contributed by atoms with Gasteiger partial charge in [-0.2, -0.15) is 9.61 Å². The lowest BCUT2D eigenvalue weighted by Gasteiger charge is -2.39. The summed E-state index contributed by atoms with van der Waals surface area (Å²) in [6, 6.07) is 4.20. The Hall–Kier alpha value is -3.17. The number of amides is 2. The number of hydrogen-bond acceptors (Lipinski definition) is 6. The number of likely N-dealkylation sites (N-methyl/N-ethyl adjacent to an activating group) is 1. The van der Waals surface area contributed by atoms with Crippen LogP contribution in [0.5, 0.6) is 0 Å². The Balaban J connectivity index is 1.29. The second kappa shape index (κ2) is 5.41. The fourth-order valence-corrected chi connectivity index (χ4v) is 3.42. The van der Waals surface area contributed by atoms with Crippen LogP contribution >= 0.6 is 0 Å². The molecular formula is C16H19N9O. The molecule has 134 valence electrons. The Labute approximate surface area is 149 Å². The van der Waals surface area contributed by atoms with Crippen LogP contribution < -0.4 is 9.80 Å². The minimum absolute atomic E-state index is 0.0293. The molecule has 26 heavy (non-hydrogen) atoms. The third-order valence-corrected chi connectivity index (χ3v) is 5.08. The summed E-state index contributed by atoms with van der Waals surface area (Å²) in [5.41, 5.74) is 1.61. The molecule has 0 spiro atoms. The topological polar surface area (TPSA) is 87.7 Å². The van der Waals surface area contributed by atoms with E-state index >= 15 is 0 Å². The van der Waals surface area contributed by atoms with Crippen molar-refractivity contribution in [2.75, 3.05) is 43.0 Å². The number of rotatable bonds is 3. The second-order valence-electron chi connectivity index (χ2n) is 6.80. The van der Waals surface area contributed by atoms with Gasteiger partial charge in [-0.05, 0) is 19.1 Å². The molecule has 0 aliphatic carbocycles. The first-order valence-corrected chi connectivity index (χ1v) is 8.61. The summed E-state index contributed by atoms with van der Waals surface area (Å²) in [6.07, 6.45) is 3.73. The van der Waals surface area contributed by atoms with Crippen LogP contribution in [0.25, 0.3) is 5.65 Å². The predicted molar refractivity (Wildman–Crippen MR) is 94.4 cm³/mol. The van der Waals surface area contributed by atoms with Gasteiger partial charge in [0, 0.05) is 39.4 Å². The third-order valence-electron chi connectivity index (χ3n) is 5.08. The van der Waals surface area contributed by atoms with E-state index in [0.717, 1.165) is 42.6 Å². The molecule has 3 aromatic rings. The highest BCUT2D eigenvalue weighted by Crippen LogP contribution is 2.28. The lowest BCUT2D eigenvalue weighted by Crippen LogP contribution is -2.48. The first-order chi connectivity index (χ1) is 12.6. The monoisotopic (exact) mass is 353 g/mol. The van der Waals surface area contributed by atoms with E-state index in [1.807, 2.05) is 37.0 Å². The minimum Gasteiger partial charge on any atom is -0.351 e. The molecule has 0 atom stereocenters. The minimum atomic E-state index is 0.0293. The van der Waals surface area contributed by atoms with Crippen LogP contribution in [0.15, 0.2) is 24.5 Å². The maximum absolute atomic E-state index is 12.1. The number of aromatic nitrogens is 6. The molecule has 0 aromatic carbocycles. The van der Waals surface area contributed by atoms with Crippen molar-refractivity contribution in [1.29, 1.82) is 0 Å². The van der Waals surface area contributed by atoms with Gasteiger partial charge in [-0.1, -0.05) is 0 Å². The van der Waals surface area contributed by atoms with Crippen molar-refractivity contribution in [3.05, 3.63) is 30.4 Å². The standard InChI is InChI=1S/C16H19N9O/c1-11-18-19-14-3-4-15(20-25(11)14)22-8-13(9-22)24-10-12(7-17-24)23-6-5-21(2)16(23)26/h3-4,7,10,13H,5-6,8-9H2,1-2H3. The molecule has 0 radical (unpaired) electrons. The van der Waals surface area contributed by atoms with Crippen molar-refractivity contribution in [2.24, 2.45) is 0 Å². The fraction of sp³-hybridized carbons (Fsp3) is 0.438. The smallest absolute Gasteiger partial charge is 0.324 e. The fourth-order valence-electron chi connectivity index (χ4n) is 3.42. The largest absolute Gasteiger partial charge is 0.351 e. The van der Waals surface area contributed by atoms with Crippen LogP contribution in [0.4, 0.5) is 16.3 Å². The Bertz CT molecular complexity index is 987. The molecule has 2 aliphatic heterocycles. The van der Waals surface area contributed by atoms with Crippen LogP contribution in [-0.4, -0.2) is 73.7 Å². The zero-order valence-corrected chi connectivity index (χ0v) is 14.6. The van der Waals surface area contributed by atoms with Gasteiger partial charge in [0.2, 0.25) is 0 Å². The van der Waals surface area contributed by atoms with Gasteiger partial charge in [0.1, 0.15) is 5.82 Å². The molecule has 0 saturated carbocycles. The number of urea groups is 1. The van der Waals surface area contributed by atoms with Gasteiger partial charge in [0.15, 0.2) is 11.5 Å². The van der Waals surface area contributed by atoms with Crippen LogP contribution in [0.3, 0.4) is 0 Å². The summed E-state index contributed by atoms with van der Waals surface area (Å²) >= 11 is 0. The summed E-state index contributed by atoms with van der Waals surface area (Å²) in [5.74, 6) is 1.68. The summed E-state index contributed by atoms with van der Waals surface area (Å²) in [6.45, 7) is 5.00. The zero-order chi connectivity index (χ0) is 17.8. The van der Waals surface area contributed by atoms with Gasteiger partial charge in [-0.15, -0.1) is 15.3 Å². The number of hydrogen-bond donors (Lipinski definition) is 0. The average molecular weight is 353 g/mol. The molecule has 2 amide bonds. The first kappa shape index (κ1) is 15.1. The average Bonchev–Trinajstić information content (AvgIpc) is 3.29.